The van der Waals surface area contributed by atoms with E-state index in [9.17, 15) is 4.79 Å². The van der Waals surface area contributed by atoms with Crippen LogP contribution in [0.1, 0.15) is 29.8 Å². The van der Waals surface area contributed by atoms with Crippen LogP contribution in [-0.2, 0) is 0 Å². The highest BCUT2D eigenvalue weighted by atomic mass is 16.1. The van der Waals surface area contributed by atoms with Crippen LogP contribution in [0.3, 0.4) is 0 Å². The van der Waals surface area contributed by atoms with Crippen LogP contribution in [0.2, 0.25) is 0 Å². The van der Waals surface area contributed by atoms with Crippen molar-refractivity contribution < 1.29 is 4.79 Å². The van der Waals surface area contributed by atoms with Crippen molar-refractivity contribution in [3.8, 4) is 11.1 Å². The number of ketones is 1. The molecular weight excluding hydrogens is 358 g/mol. The standard InChI is InChI=1S/C25H27N3O/c1-6-8-10-19(7-2)17-28-25(27-5)23-14-13-22(16-24(23)26-4)21-12-9-11-20(15-21)18(3)29/h6-16H,2,4,17H2,1,3,5H3,(H,27,28)/b8-6-,19-10+. The van der Waals surface area contributed by atoms with Gasteiger partial charge in [-0.1, -0.05) is 55.1 Å². The molecule has 0 aliphatic carbocycles. The maximum absolute atomic E-state index is 11.7. The van der Waals surface area contributed by atoms with Gasteiger partial charge in [0.25, 0.3) is 0 Å². The first-order chi connectivity index (χ1) is 14.0. The minimum atomic E-state index is 0.0409. The summed E-state index contributed by atoms with van der Waals surface area (Å²) in [5.74, 6) is 0.767. The largest absolute Gasteiger partial charge is 0.366 e. The zero-order chi connectivity index (χ0) is 21.2. The number of carbonyl (C=O) groups excluding carboxylic acids is 1. The third-order valence-corrected chi connectivity index (χ3v) is 4.47. The van der Waals surface area contributed by atoms with E-state index in [0.717, 1.165) is 33.8 Å². The van der Waals surface area contributed by atoms with Crippen LogP contribution in [0, 0.1) is 0 Å². The summed E-state index contributed by atoms with van der Waals surface area (Å²) in [6.45, 7) is 11.7. The van der Waals surface area contributed by atoms with Gasteiger partial charge in [0.05, 0.1) is 5.69 Å². The molecule has 0 spiro atoms. The number of hydrogen-bond donors (Lipinski definition) is 1. The number of rotatable bonds is 8. The van der Waals surface area contributed by atoms with E-state index in [0.29, 0.717) is 12.1 Å². The van der Waals surface area contributed by atoms with Crippen molar-refractivity contribution in [2.24, 2.45) is 9.98 Å². The highest BCUT2D eigenvalue weighted by Crippen LogP contribution is 2.28. The smallest absolute Gasteiger partial charge is 0.159 e. The van der Waals surface area contributed by atoms with Crippen molar-refractivity contribution in [1.29, 1.82) is 0 Å². The molecule has 0 saturated carbocycles. The molecule has 0 aliphatic rings. The minimum absolute atomic E-state index is 0.0409. The fourth-order valence-electron chi connectivity index (χ4n) is 2.86. The monoisotopic (exact) mass is 385 g/mol. The van der Waals surface area contributed by atoms with Crippen LogP contribution in [0.25, 0.3) is 11.1 Å². The number of Topliss-reactive ketones (excluding diaryl/α,β-unsaturated/α-hetero) is 1. The molecule has 0 bridgehead atoms. The van der Waals surface area contributed by atoms with Crippen LogP contribution in [-0.4, -0.2) is 31.9 Å². The van der Waals surface area contributed by atoms with E-state index in [4.69, 9.17) is 0 Å². The number of benzene rings is 2. The Labute approximate surface area is 173 Å². The van der Waals surface area contributed by atoms with Crippen molar-refractivity contribution in [1.82, 2.24) is 5.32 Å². The van der Waals surface area contributed by atoms with Crippen molar-refractivity contribution in [3.05, 3.63) is 90.0 Å². The SMILES string of the molecule is C=C/C(=C\C=C/C)CNC(=NC)c1ccc(-c2cccc(C(C)=O)c2)cc1N=C. The van der Waals surface area contributed by atoms with Gasteiger partial charge >= 0.3 is 0 Å². The number of nitrogens with one attached hydrogen (secondary N) is 1. The molecule has 0 aromatic heterocycles. The van der Waals surface area contributed by atoms with Crippen LogP contribution >= 0.6 is 0 Å². The Morgan fingerprint density at radius 1 is 1.17 bits per heavy atom. The van der Waals surface area contributed by atoms with Gasteiger partial charge in [0, 0.05) is 24.7 Å². The molecule has 0 fully saturated rings. The highest BCUT2D eigenvalue weighted by molar-refractivity contribution is 6.04. The topological polar surface area (TPSA) is 53.8 Å². The lowest BCUT2D eigenvalue weighted by atomic mass is 9.99. The van der Waals surface area contributed by atoms with Gasteiger partial charge in [0.1, 0.15) is 5.84 Å². The molecule has 148 valence electrons. The maximum Gasteiger partial charge on any atom is 0.159 e. The van der Waals surface area contributed by atoms with Crippen LogP contribution < -0.4 is 5.32 Å². The molecule has 0 unspecified atom stereocenters. The van der Waals surface area contributed by atoms with Gasteiger partial charge in [-0.3, -0.25) is 14.8 Å². The summed E-state index contributed by atoms with van der Waals surface area (Å²) in [4.78, 5) is 20.3. The summed E-state index contributed by atoms with van der Waals surface area (Å²) < 4.78 is 0. The number of amidine groups is 1. The van der Waals surface area contributed by atoms with E-state index in [1.165, 1.54) is 0 Å². The van der Waals surface area contributed by atoms with Gasteiger partial charge in [0.2, 0.25) is 0 Å². The average molecular weight is 386 g/mol. The fourth-order valence-corrected chi connectivity index (χ4v) is 2.86. The minimum Gasteiger partial charge on any atom is -0.366 e. The summed E-state index contributed by atoms with van der Waals surface area (Å²) >= 11 is 0. The number of allylic oxidation sites excluding steroid dienone is 3. The number of aliphatic imine (C=N–C) groups is 2. The molecule has 2 aromatic rings. The van der Waals surface area contributed by atoms with E-state index in [1.807, 2.05) is 73.7 Å². The number of nitrogens with zero attached hydrogens (tertiary/aromatic N) is 2. The van der Waals surface area contributed by atoms with Gasteiger partial charge in [-0.2, -0.15) is 0 Å². The molecule has 0 radical (unpaired) electrons. The lowest BCUT2D eigenvalue weighted by Gasteiger charge is -2.14. The van der Waals surface area contributed by atoms with E-state index >= 15 is 0 Å². The molecule has 1 N–H and O–H groups in total. The second kappa shape index (κ2) is 10.7. The molecule has 29 heavy (non-hydrogen) atoms. The molecular formula is C25H27N3O. The fraction of sp³-hybridized carbons (Fsp3) is 0.160. The number of hydrogen-bond acceptors (Lipinski definition) is 3. The van der Waals surface area contributed by atoms with Crippen molar-refractivity contribution in [2.75, 3.05) is 13.6 Å². The predicted octanol–water partition coefficient (Wildman–Crippen LogP) is 5.54. The highest BCUT2D eigenvalue weighted by Gasteiger charge is 2.11. The first kappa shape index (κ1) is 21.8. The summed E-state index contributed by atoms with van der Waals surface area (Å²) in [6, 6.07) is 13.5. The maximum atomic E-state index is 11.7. The molecule has 0 heterocycles. The second-order valence-corrected chi connectivity index (χ2v) is 6.42. The lowest BCUT2D eigenvalue weighted by molar-refractivity contribution is 0.101. The van der Waals surface area contributed by atoms with Crippen LogP contribution in [0.15, 0.2) is 88.9 Å². The van der Waals surface area contributed by atoms with Crippen molar-refractivity contribution in [3.63, 3.8) is 0 Å². The normalized spacial score (nSPS) is 12.1. The van der Waals surface area contributed by atoms with E-state index in [-0.39, 0.29) is 5.78 Å². The first-order valence-electron chi connectivity index (χ1n) is 9.41. The van der Waals surface area contributed by atoms with Crippen molar-refractivity contribution >= 4 is 24.0 Å². The Morgan fingerprint density at radius 2 is 1.93 bits per heavy atom. The predicted molar refractivity (Wildman–Crippen MR) is 125 cm³/mol. The van der Waals surface area contributed by atoms with E-state index < -0.39 is 0 Å². The Morgan fingerprint density at radius 3 is 2.55 bits per heavy atom. The molecule has 0 saturated heterocycles. The lowest BCUT2D eigenvalue weighted by Crippen LogP contribution is -2.26. The Hall–Kier alpha value is -3.53. The van der Waals surface area contributed by atoms with Crippen LogP contribution in [0.5, 0.6) is 0 Å². The summed E-state index contributed by atoms with van der Waals surface area (Å²) in [5, 5.41) is 3.35. The Kier molecular flexibility index (Phi) is 8.04. The third kappa shape index (κ3) is 5.72. The summed E-state index contributed by atoms with van der Waals surface area (Å²) in [5.41, 5.74) is 5.25. The van der Waals surface area contributed by atoms with Gasteiger partial charge in [-0.25, -0.2) is 0 Å². The molecule has 4 heteroatoms. The molecule has 2 rings (SSSR count). The molecule has 0 amide bonds. The molecule has 2 aromatic carbocycles. The summed E-state index contributed by atoms with van der Waals surface area (Å²) in [6.07, 6.45) is 7.77. The zero-order valence-corrected chi connectivity index (χ0v) is 17.3. The average Bonchev–Trinajstić information content (AvgIpc) is 2.76. The van der Waals surface area contributed by atoms with E-state index in [1.54, 1.807) is 14.0 Å². The Bertz CT molecular complexity index is 997. The van der Waals surface area contributed by atoms with Gasteiger partial charge in [0.15, 0.2) is 5.78 Å². The Balaban J connectivity index is 2.34. The van der Waals surface area contributed by atoms with Gasteiger partial charge < -0.3 is 5.32 Å². The van der Waals surface area contributed by atoms with E-state index in [2.05, 4.69) is 28.6 Å². The second-order valence-electron chi connectivity index (χ2n) is 6.42. The first-order valence-corrected chi connectivity index (χ1v) is 9.41. The number of carbonyl (C=O) groups is 1. The zero-order valence-electron chi connectivity index (χ0n) is 17.3. The quantitative estimate of drug-likeness (QED) is 0.281. The van der Waals surface area contributed by atoms with Crippen molar-refractivity contribution in [2.45, 2.75) is 13.8 Å². The third-order valence-electron chi connectivity index (χ3n) is 4.47. The molecule has 4 nitrogen and oxygen atoms in total. The summed E-state index contributed by atoms with van der Waals surface area (Å²) in [7, 11) is 1.74. The van der Waals surface area contributed by atoms with Crippen LogP contribution in [0.4, 0.5) is 5.69 Å². The molecule has 0 aliphatic heterocycles. The van der Waals surface area contributed by atoms with Gasteiger partial charge in [-0.15, -0.1) is 0 Å². The molecule has 0 atom stereocenters. The van der Waals surface area contributed by atoms with Gasteiger partial charge in [-0.05, 0) is 55.5 Å².